The second-order valence-electron chi connectivity index (χ2n) is 8.96. The number of methoxy groups -OCH3 is 3. The lowest BCUT2D eigenvalue weighted by Gasteiger charge is -2.31. The first kappa shape index (κ1) is 23.3. The van der Waals surface area contributed by atoms with Gasteiger partial charge in [0.1, 0.15) is 17.2 Å². The second-order valence-corrected chi connectivity index (χ2v) is 9.97. The van der Waals surface area contributed by atoms with Crippen LogP contribution in [0.4, 0.5) is 0 Å². The summed E-state index contributed by atoms with van der Waals surface area (Å²) in [6.07, 6.45) is 3.61. The van der Waals surface area contributed by atoms with Crippen molar-refractivity contribution in [2.45, 2.75) is 18.9 Å². The van der Waals surface area contributed by atoms with E-state index in [1.807, 2.05) is 59.2 Å². The number of hydrogen-bond donors (Lipinski definition) is 0. The second kappa shape index (κ2) is 9.41. The van der Waals surface area contributed by atoms with Gasteiger partial charge < -0.3 is 14.2 Å². The molecule has 6 nitrogen and oxygen atoms in total. The number of hydrogen-bond acceptors (Lipinski definition) is 6. The molecule has 7 heteroatoms. The molecule has 0 bridgehead atoms. The quantitative estimate of drug-likeness (QED) is 0.401. The average Bonchev–Trinajstić information content (AvgIpc) is 3.26. The van der Waals surface area contributed by atoms with E-state index in [-0.39, 0.29) is 11.6 Å². The number of fused-ring (bicyclic) bond motifs is 3. The topological polar surface area (TPSA) is 62.0 Å². The third-order valence-electron chi connectivity index (χ3n) is 7.03. The summed E-state index contributed by atoms with van der Waals surface area (Å²) in [6.45, 7) is 0. The van der Waals surface area contributed by atoms with Gasteiger partial charge in [0.25, 0.3) is 5.56 Å². The monoisotopic (exact) mass is 510 g/mol. The van der Waals surface area contributed by atoms with Crippen LogP contribution < -0.4 is 29.1 Å². The number of benzene rings is 3. The molecule has 0 radical (unpaired) electrons. The zero-order valence-corrected chi connectivity index (χ0v) is 21.7. The Balaban J connectivity index is 1.62. The largest absolute Gasteiger partial charge is 0.497 e. The van der Waals surface area contributed by atoms with Crippen LogP contribution in [-0.4, -0.2) is 25.9 Å². The number of aromatic nitrogens is 1. The number of allylic oxidation sites excluding steroid dienone is 1. The summed E-state index contributed by atoms with van der Waals surface area (Å²) < 4.78 is 19.1. The molecule has 186 valence electrons. The Hall–Kier alpha value is -4.10. The molecule has 4 aromatic rings. The molecule has 0 N–H and O–H groups in total. The van der Waals surface area contributed by atoms with Crippen molar-refractivity contribution < 1.29 is 14.2 Å². The van der Waals surface area contributed by atoms with Gasteiger partial charge in [0.2, 0.25) is 0 Å². The molecule has 1 aromatic heterocycles. The molecule has 37 heavy (non-hydrogen) atoms. The van der Waals surface area contributed by atoms with E-state index in [2.05, 4.69) is 18.2 Å². The van der Waals surface area contributed by atoms with E-state index in [1.165, 1.54) is 16.9 Å². The fourth-order valence-corrected chi connectivity index (χ4v) is 6.26. The molecule has 1 atom stereocenters. The Morgan fingerprint density at radius 2 is 1.70 bits per heavy atom. The van der Waals surface area contributed by atoms with Gasteiger partial charge in [-0.1, -0.05) is 53.8 Å². The minimum atomic E-state index is -0.296. The summed E-state index contributed by atoms with van der Waals surface area (Å²) in [5.74, 6) is 2.09. The molecular formula is C30H26N2O4S. The Bertz CT molecular complexity index is 1730. The van der Waals surface area contributed by atoms with Crippen LogP contribution >= 0.6 is 11.3 Å². The van der Waals surface area contributed by atoms with Crippen LogP contribution in [0, 0.1) is 0 Å². The third kappa shape index (κ3) is 3.86. The van der Waals surface area contributed by atoms with Crippen molar-refractivity contribution in [1.82, 2.24) is 4.57 Å². The summed E-state index contributed by atoms with van der Waals surface area (Å²) in [6, 6.07) is 21.6. The highest BCUT2D eigenvalue weighted by molar-refractivity contribution is 7.07. The molecule has 6 rings (SSSR count). The van der Waals surface area contributed by atoms with E-state index in [1.54, 1.807) is 21.3 Å². The summed E-state index contributed by atoms with van der Waals surface area (Å²) in [5, 5.41) is 0. The van der Waals surface area contributed by atoms with Crippen LogP contribution in [0.5, 0.6) is 17.2 Å². The molecule has 1 aliphatic carbocycles. The fraction of sp³-hybridized carbons (Fsp3) is 0.200. The van der Waals surface area contributed by atoms with E-state index in [9.17, 15) is 4.79 Å². The fourth-order valence-electron chi connectivity index (χ4n) is 5.27. The summed E-state index contributed by atoms with van der Waals surface area (Å²) in [5.41, 5.74) is 6.21. The zero-order chi connectivity index (χ0) is 25.5. The molecule has 0 spiro atoms. The minimum Gasteiger partial charge on any atom is -0.497 e. The van der Waals surface area contributed by atoms with Crippen LogP contribution in [0.15, 0.2) is 82.1 Å². The Labute approximate surface area is 218 Å². The number of rotatable bonds is 5. The number of para-hydroxylation sites is 1. The number of ether oxygens (including phenoxy) is 3. The van der Waals surface area contributed by atoms with Crippen molar-refractivity contribution in [2.75, 3.05) is 21.3 Å². The minimum absolute atomic E-state index is 0.0806. The van der Waals surface area contributed by atoms with Crippen LogP contribution in [-0.2, 0) is 6.42 Å². The predicted molar refractivity (Wildman–Crippen MR) is 145 cm³/mol. The molecule has 2 heterocycles. The molecular weight excluding hydrogens is 484 g/mol. The lowest BCUT2D eigenvalue weighted by Crippen LogP contribution is -2.39. The smallest absolute Gasteiger partial charge is 0.271 e. The van der Waals surface area contributed by atoms with Crippen LogP contribution in [0.3, 0.4) is 0 Å². The number of nitrogens with zero attached hydrogens (tertiary/aromatic N) is 2. The van der Waals surface area contributed by atoms with E-state index >= 15 is 0 Å². The van der Waals surface area contributed by atoms with Gasteiger partial charge in [-0.15, -0.1) is 0 Å². The molecule has 0 amide bonds. The highest BCUT2D eigenvalue weighted by Crippen LogP contribution is 2.43. The van der Waals surface area contributed by atoms with Crippen molar-refractivity contribution in [1.29, 1.82) is 0 Å². The van der Waals surface area contributed by atoms with Crippen molar-refractivity contribution in [2.24, 2.45) is 4.99 Å². The molecule has 0 unspecified atom stereocenters. The molecule has 0 saturated carbocycles. The number of aryl methyl sites for hydroxylation is 1. The summed E-state index contributed by atoms with van der Waals surface area (Å²) in [4.78, 5) is 19.8. The normalized spacial score (nSPS) is 16.4. The van der Waals surface area contributed by atoms with Crippen molar-refractivity contribution in [3.8, 4) is 17.2 Å². The van der Waals surface area contributed by atoms with Crippen LogP contribution in [0.1, 0.15) is 34.7 Å². The molecule has 3 aromatic carbocycles. The van der Waals surface area contributed by atoms with E-state index < -0.39 is 0 Å². The zero-order valence-electron chi connectivity index (χ0n) is 20.9. The third-order valence-corrected chi connectivity index (χ3v) is 8.02. The maximum absolute atomic E-state index is 14.0. The van der Waals surface area contributed by atoms with Crippen molar-refractivity contribution in [3.05, 3.63) is 114 Å². The molecule has 2 aliphatic rings. The number of thiazole rings is 1. The first-order valence-electron chi connectivity index (χ1n) is 12.1. The predicted octanol–water partition coefficient (Wildman–Crippen LogP) is 4.34. The molecule has 0 saturated heterocycles. The molecule has 0 fully saturated rings. The van der Waals surface area contributed by atoms with Crippen molar-refractivity contribution >= 4 is 23.1 Å². The van der Waals surface area contributed by atoms with Gasteiger partial charge in [0, 0.05) is 22.8 Å². The van der Waals surface area contributed by atoms with Gasteiger partial charge in [-0.3, -0.25) is 9.36 Å². The van der Waals surface area contributed by atoms with Gasteiger partial charge in [-0.05, 0) is 48.3 Å². The maximum atomic E-state index is 14.0. The first-order valence-corrected chi connectivity index (χ1v) is 12.9. The SMILES string of the molecule is COc1ccc(/C=c2/sc3n(c2=O)[C@H](c2ccccc2OC)C2=C(N=3)c3ccccc3CC2)c(OC)c1. The van der Waals surface area contributed by atoms with E-state index in [0.29, 0.717) is 20.8 Å². The lowest BCUT2D eigenvalue weighted by molar-refractivity contribution is 0.393. The Kier molecular flexibility index (Phi) is 5.93. The lowest BCUT2D eigenvalue weighted by atomic mass is 9.83. The standard InChI is InChI=1S/C30H26N2O4S/c1-34-20-14-12-19(25(17-20)36-3)16-26-29(33)32-28(22-10-6-7-11-24(22)35-2)23-15-13-18-8-4-5-9-21(18)27(23)31-30(32)37-26/h4-12,14,16-17,28H,13,15H2,1-3H3/b26-16+/t28-/m1/s1. The van der Waals surface area contributed by atoms with Gasteiger partial charge in [-0.25, -0.2) is 4.99 Å². The average molecular weight is 511 g/mol. The Morgan fingerprint density at radius 1 is 0.919 bits per heavy atom. The van der Waals surface area contributed by atoms with Gasteiger partial charge in [0.15, 0.2) is 4.80 Å². The van der Waals surface area contributed by atoms with Crippen LogP contribution in [0.2, 0.25) is 0 Å². The van der Waals surface area contributed by atoms with E-state index in [4.69, 9.17) is 19.2 Å². The highest BCUT2D eigenvalue weighted by Gasteiger charge is 2.34. The van der Waals surface area contributed by atoms with Gasteiger partial charge >= 0.3 is 0 Å². The maximum Gasteiger partial charge on any atom is 0.271 e. The van der Waals surface area contributed by atoms with Gasteiger partial charge in [0.05, 0.1) is 37.6 Å². The molecule has 1 aliphatic heterocycles. The van der Waals surface area contributed by atoms with E-state index in [0.717, 1.165) is 46.6 Å². The first-order chi connectivity index (χ1) is 18.1. The van der Waals surface area contributed by atoms with Crippen molar-refractivity contribution in [3.63, 3.8) is 0 Å². The highest BCUT2D eigenvalue weighted by atomic mass is 32.1. The summed E-state index contributed by atoms with van der Waals surface area (Å²) in [7, 11) is 4.90. The summed E-state index contributed by atoms with van der Waals surface area (Å²) >= 11 is 1.39. The Morgan fingerprint density at radius 3 is 2.51 bits per heavy atom. The van der Waals surface area contributed by atoms with Crippen LogP contribution in [0.25, 0.3) is 11.8 Å². The van der Waals surface area contributed by atoms with Gasteiger partial charge in [-0.2, -0.15) is 0 Å².